The Morgan fingerprint density at radius 2 is 2.24 bits per heavy atom. The number of nitrogens with one attached hydrogen (secondary N) is 1. The largest absolute Gasteiger partial charge is 0.383 e. The van der Waals surface area contributed by atoms with Gasteiger partial charge in [0.05, 0.1) is 17.2 Å². The Hall–Kier alpha value is -1.53. The Morgan fingerprint density at radius 3 is 2.82 bits per heavy atom. The van der Waals surface area contributed by atoms with Crippen molar-refractivity contribution in [2.75, 3.05) is 20.3 Å². The number of nitrogens with zero attached hydrogens (tertiary/aromatic N) is 2. The molecule has 0 aliphatic rings. The highest BCUT2D eigenvalue weighted by atomic mass is 16.6. The van der Waals surface area contributed by atoms with Crippen LogP contribution >= 0.6 is 0 Å². The molecule has 0 radical (unpaired) electrons. The third kappa shape index (κ3) is 3.47. The Labute approximate surface area is 100 Å². The van der Waals surface area contributed by atoms with E-state index in [1.807, 2.05) is 0 Å². The monoisotopic (exact) mass is 239 g/mol. The minimum Gasteiger partial charge on any atom is -0.383 e. The van der Waals surface area contributed by atoms with E-state index in [1.54, 1.807) is 27.2 Å². The number of hydrogen-bond acceptors (Lipinski definition) is 5. The van der Waals surface area contributed by atoms with Crippen LogP contribution in [0.2, 0.25) is 0 Å². The number of ether oxygens (including phenoxy) is 1. The fourth-order valence-corrected chi connectivity index (χ4v) is 1.61. The normalized spacial score (nSPS) is 10.5. The first kappa shape index (κ1) is 13.5. The smallest absolute Gasteiger partial charge is 0.278 e. The molecule has 1 heterocycles. The predicted octanol–water partition coefficient (Wildman–Crippen LogP) is 1.34. The Morgan fingerprint density at radius 1 is 1.53 bits per heavy atom. The first-order valence-electron chi connectivity index (χ1n) is 5.37. The average molecular weight is 239 g/mol. The average Bonchev–Trinajstić information content (AvgIpc) is 2.26. The number of rotatable bonds is 6. The second kappa shape index (κ2) is 6.27. The maximum Gasteiger partial charge on any atom is 0.278 e. The fraction of sp³-hybridized carbons (Fsp3) is 0.545. The zero-order valence-corrected chi connectivity index (χ0v) is 10.3. The van der Waals surface area contributed by atoms with Crippen molar-refractivity contribution in [3.8, 4) is 0 Å². The highest BCUT2D eigenvalue weighted by Gasteiger charge is 2.18. The standard InChI is InChI=1S/C11H17N3O3/c1-8-6-13-10(7-12-4-5-17-3)9(2)11(8)14(15)16/h6,12H,4-5,7H2,1-3H3. The van der Waals surface area contributed by atoms with Crippen molar-refractivity contribution in [3.63, 3.8) is 0 Å². The van der Waals surface area contributed by atoms with Crippen LogP contribution in [0.4, 0.5) is 5.69 Å². The molecular formula is C11H17N3O3. The molecule has 94 valence electrons. The van der Waals surface area contributed by atoms with Crippen LogP contribution in [-0.2, 0) is 11.3 Å². The van der Waals surface area contributed by atoms with Gasteiger partial charge in [0.25, 0.3) is 5.69 Å². The summed E-state index contributed by atoms with van der Waals surface area (Å²) in [6, 6.07) is 0. The zero-order chi connectivity index (χ0) is 12.8. The quantitative estimate of drug-likeness (QED) is 0.460. The van der Waals surface area contributed by atoms with Crippen LogP contribution < -0.4 is 5.32 Å². The van der Waals surface area contributed by atoms with E-state index in [2.05, 4.69) is 10.3 Å². The van der Waals surface area contributed by atoms with Crippen LogP contribution in [0.5, 0.6) is 0 Å². The summed E-state index contributed by atoms with van der Waals surface area (Å²) in [6.45, 7) is 5.23. The molecule has 0 aromatic carbocycles. The fourth-order valence-electron chi connectivity index (χ4n) is 1.61. The molecule has 0 aliphatic heterocycles. The molecule has 0 spiro atoms. The van der Waals surface area contributed by atoms with Crippen LogP contribution in [0.25, 0.3) is 0 Å². The summed E-state index contributed by atoms with van der Waals surface area (Å²) >= 11 is 0. The van der Waals surface area contributed by atoms with E-state index in [1.165, 1.54) is 0 Å². The van der Waals surface area contributed by atoms with E-state index in [-0.39, 0.29) is 10.6 Å². The predicted molar refractivity (Wildman–Crippen MR) is 63.9 cm³/mol. The van der Waals surface area contributed by atoms with E-state index in [4.69, 9.17) is 4.74 Å². The van der Waals surface area contributed by atoms with Gasteiger partial charge in [-0.15, -0.1) is 0 Å². The molecule has 1 N–H and O–H groups in total. The SMILES string of the molecule is COCCNCc1ncc(C)c([N+](=O)[O-])c1C. The molecule has 1 aromatic rings. The molecule has 0 aliphatic carbocycles. The maximum absolute atomic E-state index is 10.9. The summed E-state index contributed by atoms with van der Waals surface area (Å²) in [5.41, 5.74) is 2.08. The number of aromatic nitrogens is 1. The zero-order valence-electron chi connectivity index (χ0n) is 10.3. The van der Waals surface area contributed by atoms with Crippen molar-refractivity contribution >= 4 is 5.69 Å². The lowest BCUT2D eigenvalue weighted by Gasteiger charge is -2.08. The second-order valence-electron chi connectivity index (χ2n) is 3.79. The number of nitro groups is 1. The molecule has 1 aromatic heterocycles. The molecule has 0 saturated carbocycles. The molecule has 6 nitrogen and oxygen atoms in total. The van der Waals surface area contributed by atoms with Gasteiger partial charge in [-0.2, -0.15) is 0 Å². The Kier molecular flexibility index (Phi) is 4.99. The van der Waals surface area contributed by atoms with Gasteiger partial charge in [0.15, 0.2) is 0 Å². The lowest BCUT2D eigenvalue weighted by atomic mass is 10.1. The Bertz CT molecular complexity index is 407. The lowest BCUT2D eigenvalue weighted by Crippen LogP contribution is -2.20. The summed E-state index contributed by atoms with van der Waals surface area (Å²) in [5, 5.41) is 14.0. The van der Waals surface area contributed by atoms with Crippen LogP contribution in [-0.4, -0.2) is 30.2 Å². The molecule has 0 amide bonds. The van der Waals surface area contributed by atoms with E-state index in [9.17, 15) is 10.1 Å². The van der Waals surface area contributed by atoms with Gasteiger partial charge >= 0.3 is 0 Å². The third-order valence-corrected chi connectivity index (χ3v) is 2.53. The van der Waals surface area contributed by atoms with Gasteiger partial charge in [-0.3, -0.25) is 15.1 Å². The lowest BCUT2D eigenvalue weighted by molar-refractivity contribution is -0.386. The van der Waals surface area contributed by atoms with Gasteiger partial charge < -0.3 is 10.1 Å². The van der Waals surface area contributed by atoms with Crippen molar-refractivity contribution in [2.24, 2.45) is 0 Å². The third-order valence-electron chi connectivity index (χ3n) is 2.53. The van der Waals surface area contributed by atoms with E-state index in [0.717, 1.165) is 0 Å². The summed E-state index contributed by atoms with van der Waals surface area (Å²) in [7, 11) is 1.63. The van der Waals surface area contributed by atoms with Gasteiger partial charge in [-0.1, -0.05) is 0 Å². The van der Waals surface area contributed by atoms with Gasteiger partial charge in [0, 0.05) is 37.5 Å². The topological polar surface area (TPSA) is 77.3 Å². The molecule has 6 heteroatoms. The summed E-state index contributed by atoms with van der Waals surface area (Å²) in [6.07, 6.45) is 1.54. The first-order chi connectivity index (χ1) is 8.07. The van der Waals surface area contributed by atoms with Crippen molar-refractivity contribution in [1.82, 2.24) is 10.3 Å². The number of hydrogen-bond donors (Lipinski definition) is 1. The van der Waals surface area contributed by atoms with Gasteiger partial charge in [0.2, 0.25) is 0 Å². The molecule has 0 unspecified atom stereocenters. The molecule has 17 heavy (non-hydrogen) atoms. The molecule has 0 fully saturated rings. The molecular weight excluding hydrogens is 222 g/mol. The van der Waals surface area contributed by atoms with Crippen molar-refractivity contribution < 1.29 is 9.66 Å². The summed E-state index contributed by atoms with van der Waals surface area (Å²) in [5.74, 6) is 0. The first-order valence-corrected chi connectivity index (χ1v) is 5.37. The number of methoxy groups -OCH3 is 1. The highest BCUT2D eigenvalue weighted by Crippen LogP contribution is 2.23. The van der Waals surface area contributed by atoms with Gasteiger partial charge in [-0.25, -0.2) is 0 Å². The minimum absolute atomic E-state index is 0.156. The maximum atomic E-state index is 10.9. The molecule has 0 bridgehead atoms. The van der Waals surface area contributed by atoms with Gasteiger partial charge in [-0.05, 0) is 13.8 Å². The van der Waals surface area contributed by atoms with Crippen LogP contribution in [0.1, 0.15) is 16.8 Å². The summed E-state index contributed by atoms with van der Waals surface area (Å²) < 4.78 is 4.90. The minimum atomic E-state index is -0.356. The molecule has 1 rings (SSSR count). The molecule has 0 atom stereocenters. The van der Waals surface area contributed by atoms with E-state index >= 15 is 0 Å². The van der Waals surface area contributed by atoms with Gasteiger partial charge in [0.1, 0.15) is 0 Å². The van der Waals surface area contributed by atoms with Crippen LogP contribution in [0.15, 0.2) is 6.20 Å². The highest BCUT2D eigenvalue weighted by molar-refractivity contribution is 5.47. The number of aryl methyl sites for hydroxylation is 1. The van der Waals surface area contributed by atoms with Crippen molar-refractivity contribution in [2.45, 2.75) is 20.4 Å². The van der Waals surface area contributed by atoms with Crippen LogP contribution in [0.3, 0.4) is 0 Å². The van der Waals surface area contributed by atoms with E-state index in [0.29, 0.717) is 36.5 Å². The Balaban J connectivity index is 2.80. The second-order valence-corrected chi connectivity index (χ2v) is 3.79. The number of pyridine rings is 1. The van der Waals surface area contributed by atoms with Crippen molar-refractivity contribution in [1.29, 1.82) is 0 Å². The van der Waals surface area contributed by atoms with Crippen LogP contribution in [0, 0.1) is 24.0 Å². The van der Waals surface area contributed by atoms with E-state index < -0.39 is 0 Å². The summed E-state index contributed by atoms with van der Waals surface area (Å²) in [4.78, 5) is 14.8. The van der Waals surface area contributed by atoms with Crippen molar-refractivity contribution in [3.05, 3.63) is 33.1 Å². The molecule has 0 saturated heterocycles.